The van der Waals surface area contributed by atoms with E-state index in [2.05, 4.69) is 36.8 Å². The van der Waals surface area contributed by atoms with E-state index in [-0.39, 0.29) is 0 Å². The highest BCUT2D eigenvalue weighted by Crippen LogP contribution is 2.21. The van der Waals surface area contributed by atoms with Gasteiger partial charge in [0.05, 0.1) is 0 Å². The minimum atomic E-state index is 0.424. The van der Waals surface area contributed by atoms with E-state index in [9.17, 15) is 5.11 Å². The van der Waals surface area contributed by atoms with Gasteiger partial charge in [-0.05, 0) is 26.5 Å². The number of rotatable bonds is 3. The van der Waals surface area contributed by atoms with Gasteiger partial charge in [0.1, 0.15) is 5.75 Å². The average Bonchev–Trinajstić information content (AvgIpc) is 2.36. The van der Waals surface area contributed by atoms with Crippen molar-refractivity contribution in [2.45, 2.75) is 32.9 Å². The van der Waals surface area contributed by atoms with Crippen LogP contribution in [-0.2, 0) is 6.54 Å². The second kappa shape index (κ2) is 5.72. The number of hydrogen-bond acceptors (Lipinski definition) is 3. The van der Waals surface area contributed by atoms with E-state index in [1.165, 1.54) is 12.0 Å². The Hall–Kier alpha value is -1.06. The molecule has 100 valence electrons. The topological polar surface area (TPSA) is 26.7 Å². The molecule has 3 nitrogen and oxygen atoms in total. The monoisotopic (exact) mass is 248 g/mol. The summed E-state index contributed by atoms with van der Waals surface area (Å²) in [4.78, 5) is 4.88. The largest absolute Gasteiger partial charge is 0.508 e. The van der Waals surface area contributed by atoms with Crippen LogP contribution in [0.15, 0.2) is 18.2 Å². The number of hydrogen-bond donors (Lipinski definition) is 1. The quantitative estimate of drug-likeness (QED) is 0.888. The second-order valence-electron chi connectivity index (χ2n) is 5.41. The van der Waals surface area contributed by atoms with Gasteiger partial charge in [0, 0.05) is 37.8 Å². The molecule has 1 fully saturated rings. The SMILES string of the molecule is CCC1CN(Cc2cc(C)ccc2O)CCN1C. The molecule has 0 spiro atoms. The molecule has 18 heavy (non-hydrogen) atoms. The second-order valence-corrected chi connectivity index (χ2v) is 5.41. The molecule has 1 atom stereocenters. The average molecular weight is 248 g/mol. The van der Waals surface area contributed by atoms with E-state index in [1.807, 2.05) is 6.07 Å². The molecule has 0 bridgehead atoms. The Balaban J connectivity index is 2.03. The summed E-state index contributed by atoms with van der Waals surface area (Å²) in [6, 6.07) is 6.50. The molecule has 1 aromatic carbocycles. The highest BCUT2D eigenvalue weighted by molar-refractivity contribution is 5.35. The van der Waals surface area contributed by atoms with E-state index in [0.717, 1.165) is 31.7 Å². The molecule has 2 rings (SSSR count). The van der Waals surface area contributed by atoms with Crippen molar-refractivity contribution < 1.29 is 5.11 Å². The van der Waals surface area contributed by atoms with Crippen molar-refractivity contribution in [1.82, 2.24) is 9.80 Å². The maximum absolute atomic E-state index is 9.90. The maximum Gasteiger partial charge on any atom is 0.120 e. The Morgan fingerprint density at radius 1 is 1.33 bits per heavy atom. The third-order valence-electron chi connectivity index (χ3n) is 3.96. The zero-order valence-corrected chi connectivity index (χ0v) is 11.7. The first-order valence-electron chi connectivity index (χ1n) is 6.81. The number of benzene rings is 1. The lowest BCUT2D eigenvalue weighted by molar-refractivity contribution is 0.0878. The van der Waals surface area contributed by atoms with E-state index in [4.69, 9.17) is 0 Å². The van der Waals surface area contributed by atoms with Crippen LogP contribution in [0.2, 0.25) is 0 Å². The lowest BCUT2D eigenvalue weighted by Crippen LogP contribution is -2.50. The van der Waals surface area contributed by atoms with Crippen molar-refractivity contribution in [2.24, 2.45) is 0 Å². The van der Waals surface area contributed by atoms with Crippen LogP contribution in [0.3, 0.4) is 0 Å². The van der Waals surface area contributed by atoms with Crippen molar-refractivity contribution in [1.29, 1.82) is 0 Å². The van der Waals surface area contributed by atoms with Gasteiger partial charge in [-0.25, -0.2) is 0 Å². The summed E-state index contributed by atoms with van der Waals surface area (Å²) in [5.74, 6) is 0.424. The number of phenolic OH excluding ortho intramolecular Hbond substituents is 1. The molecule has 1 unspecified atom stereocenters. The first-order chi connectivity index (χ1) is 8.60. The molecule has 0 aliphatic carbocycles. The molecule has 1 aliphatic rings. The molecule has 0 radical (unpaired) electrons. The zero-order chi connectivity index (χ0) is 13.1. The number of likely N-dealkylation sites (N-methyl/N-ethyl adjacent to an activating group) is 1. The highest BCUT2D eigenvalue weighted by atomic mass is 16.3. The van der Waals surface area contributed by atoms with Crippen LogP contribution < -0.4 is 0 Å². The van der Waals surface area contributed by atoms with Crippen LogP contribution in [-0.4, -0.2) is 47.6 Å². The van der Waals surface area contributed by atoms with Gasteiger partial charge >= 0.3 is 0 Å². The minimum Gasteiger partial charge on any atom is -0.508 e. The Labute approximate surface area is 110 Å². The number of aryl methyl sites for hydroxylation is 1. The molecule has 1 aliphatic heterocycles. The van der Waals surface area contributed by atoms with Gasteiger partial charge in [-0.1, -0.05) is 24.6 Å². The van der Waals surface area contributed by atoms with Gasteiger partial charge in [-0.3, -0.25) is 4.90 Å². The molecule has 1 N–H and O–H groups in total. The summed E-state index contributed by atoms with van der Waals surface area (Å²) in [6.45, 7) is 8.47. The zero-order valence-electron chi connectivity index (χ0n) is 11.7. The summed E-state index contributed by atoms with van der Waals surface area (Å²) < 4.78 is 0. The van der Waals surface area contributed by atoms with Crippen LogP contribution in [0.4, 0.5) is 0 Å². The maximum atomic E-state index is 9.90. The van der Waals surface area contributed by atoms with E-state index < -0.39 is 0 Å². The lowest BCUT2D eigenvalue weighted by atomic mass is 10.1. The molecule has 1 heterocycles. The standard InChI is InChI=1S/C15H24N2O/c1-4-14-11-17(8-7-16(14)3)10-13-9-12(2)5-6-15(13)18/h5-6,9,14,18H,4,7-8,10-11H2,1-3H3. The van der Waals surface area contributed by atoms with Crippen LogP contribution in [0.1, 0.15) is 24.5 Å². The van der Waals surface area contributed by atoms with Crippen LogP contribution in [0, 0.1) is 6.92 Å². The Morgan fingerprint density at radius 3 is 2.83 bits per heavy atom. The van der Waals surface area contributed by atoms with Crippen LogP contribution in [0.5, 0.6) is 5.75 Å². The minimum absolute atomic E-state index is 0.424. The fourth-order valence-corrected chi connectivity index (χ4v) is 2.68. The molecule has 0 amide bonds. The molecular formula is C15H24N2O. The summed E-state index contributed by atoms with van der Waals surface area (Å²) in [7, 11) is 2.20. The molecule has 0 saturated carbocycles. The highest BCUT2D eigenvalue weighted by Gasteiger charge is 2.23. The Morgan fingerprint density at radius 2 is 2.11 bits per heavy atom. The normalized spacial score (nSPS) is 22.3. The van der Waals surface area contributed by atoms with Crippen LogP contribution in [0.25, 0.3) is 0 Å². The molecule has 1 saturated heterocycles. The van der Waals surface area contributed by atoms with Crippen LogP contribution >= 0.6 is 0 Å². The summed E-state index contributed by atoms with van der Waals surface area (Å²) in [5.41, 5.74) is 2.26. The van der Waals surface area contributed by atoms with Gasteiger partial charge in [-0.15, -0.1) is 0 Å². The molecule has 1 aromatic rings. The van der Waals surface area contributed by atoms with Crippen molar-refractivity contribution in [3.05, 3.63) is 29.3 Å². The third-order valence-corrected chi connectivity index (χ3v) is 3.96. The van der Waals surface area contributed by atoms with Crippen molar-refractivity contribution in [3.8, 4) is 5.75 Å². The lowest BCUT2D eigenvalue weighted by Gasteiger charge is -2.39. The van der Waals surface area contributed by atoms with E-state index in [1.54, 1.807) is 6.07 Å². The van der Waals surface area contributed by atoms with E-state index >= 15 is 0 Å². The number of phenols is 1. The number of piperazine rings is 1. The molecule has 0 aromatic heterocycles. The van der Waals surface area contributed by atoms with Crippen molar-refractivity contribution >= 4 is 0 Å². The van der Waals surface area contributed by atoms with Gasteiger partial charge in [0.25, 0.3) is 0 Å². The predicted molar refractivity (Wildman–Crippen MR) is 74.8 cm³/mol. The summed E-state index contributed by atoms with van der Waals surface area (Å²) in [5, 5.41) is 9.90. The summed E-state index contributed by atoms with van der Waals surface area (Å²) >= 11 is 0. The number of aromatic hydroxyl groups is 1. The fourth-order valence-electron chi connectivity index (χ4n) is 2.68. The summed E-state index contributed by atoms with van der Waals surface area (Å²) in [6.07, 6.45) is 1.19. The third kappa shape index (κ3) is 3.03. The Bertz CT molecular complexity index is 405. The van der Waals surface area contributed by atoms with Gasteiger partial charge in [0.15, 0.2) is 0 Å². The first-order valence-corrected chi connectivity index (χ1v) is 6.81. The fraction of sp³-hybridized carbons (Fsp3) is 0.600. The van der Waals surface area contributed by atoms with Gasteiger partial charge in [0.2, 0.25) is 0 Å². The number of nitrogens with zero attached hydrogens (tertiary/aromatic N) is 2. The Kier molecular flexibility index (Phi) is 4.25. The molecular weight excluding hydrogens is 224 g/mol. The smallest absolute Gasteiger partial charge is 0.120 e. The van der Waals surface area contributed by atoms with E-state index in [0.29, 0.717) is 11.8 Å². The van der Waals surface area contributed by atoms with Crippen molar-refractivity contribution in [2.75, 3.05) is 26.7 Å². The molecule has 3 heteroatoms. The first kappa shape index (κ1) is 13.4. The van der Waals surface area contributed by atoms with Gasteiger partial charge < -0.3 is 10.0 Å². The van der Waals surface area contributed by atoms with Crippen molar-refractivity contribution in [3.63, 3.8) is 0 Å². The van der Waals surface area contributed by atoms with Gasteiger partial charge in [-0.2, -0.15) is 0 Å². The predicted octanol–water partition coefficient (Wildman–Crippen LogP) is 2.23.